The van der Waals surface area contributed by atoms with Crippen molar-refractivity contribution in [2.24, 2.45) is 5.73 Å². The van der Waals surface area contributed by atoms with Crippen molar-refractivity contribution in [3.63, 3.8) is 0 Å². The van der Waals surface area contributed by atoms with Crippen LogP contribution in [0.25, 0.3) is 0 Å². The van der Waals surface area contributed by atoms with E-state index in [1.165, 1.54) is 0 Å². The fourth-order valence-electron chi connectivity index (χ4n) is 1.12. The Morgan fingerprint density at radius 1 is 1.50 bits per heavy atom. The Hall–Kier alpha value is -0.900. The van der Waals surface area contributed by atoms with Crippen LogP contribution in [-0.2, 0) is 0 Å². The van der Waals surface area contributed by atoms with Gasteiger partial charge in [0.1, 0.15) is 12.2 Å². The Kier molecular flexibility index (Phi) is 2.81. The first-order chi connectivity index (χ1) is 5.66. The smallest absolute Gasteiger partial charge is 0.138 e. The maximum Gasteiger partial charge on any atom is 0.138 e. The Bertz CT molecular complexity index is 241. The molecule has 1 unspecified atom stereocenters. The molecule has 0 aromatic carbocycles. The van der Waals surface area contributed by atoms with Crippen molar-refractivity contribution in [2.45, 2.75) is 32.7 Å². The third-order valence-electron chi connectivity index (χ3n) is 1.88. The fourth-order valence-corrected chi connectivity index (χ4v) is 1.12. The Labute approximate surface area is 72.8 Å². The van der Waals surface area contributed by atoms with E-state index in [0.717, 1.165) is 5.82 Å². The molecular formula is C8H16N4. The number of nitrogens with two attached hydrogens (primary N) is 1. The van der Waals surface area contributed by atoms with Crippen LogP contribution < -0.4 is 5.73 Å². The second-order valence-corrected chi connectivity index (χ2v) is 3.29. The molecule has 68 valence electrons. The SMILES string of the molecule is CC(CN)c1ncnn1C(C)C. The summed E-state index contributed by atoms with van der Waals surface area (Å²) in [5.74, 6) is 1.27. The number of hydrogen-bond acceptors (Lipinski definition) is 3. The summed E-state index contributed by atoms with van der Waals surface area (Å²) in [6.45, 7) is 6.84. The van der Waals surface area contributed by atoms with Gasteiger partial charge in [-0.25, -0.2) is 9.67 Å². The van der Waals surface area contributed by atoms with Gasteiger partial charge in [-0.3, -0.25) is 0 Å². The zero-order valence-electron chi connectivity index (χ0n) is 7.86. The van der Waals surface area contributed by atoms with Crippen LogP contribution in [0.4, 0.5) is 0 Å². The summed E-state index contributed by atoms with van der Waals surface area (Å²) in [5, 5.41) is 4.13. The van der Waals surface area contributed by atoms with E-state index in [-0.39, 0.29) is 5.92 Å². The van der Waals surface area contributed by atoms with Crippen molar-refractivity contribution >= 4 is 0 Å². The molecule has 1 heterocycles. The molecule has 0 aliphatic heterocycles. The predicted octanol–water partition coefficient (Wildman–Crippen LogP) is 0.921. The van der Waals surface area contributed by atoms with Gasteiger partial charge in [-0.2, -0.15) is 5.10 Å². The van der Waals surface area contributed by atoms with Gasteiger partial charge >= 0.3 is 0 Å². The minimum absolute atomic E-state index is 0.287. The van der Waals surface area contributed by atoms with Crippen molar-refractivity contribution in [3.05, 3.63) is 12.2 Å². The van der Waals surface area contributed by atoms with Crippen LogP contribution in [-0.4, -0.2) is 21.3 Å². The van der Waals surface area contributed by atoms with E-state index in [2.05, 4.69) is 30.9 Å². The molecule has 0 spiro atoms. The van der Waals surface area contributed by atoms with Crippen molar-refractivity contribution in [3.8, 4) is 0 Å². The maximum absolute atomic E-state index is 5.55. The quantitative estimate of drug-likeness (QED) is 0.730. The second kappa shape index (κ2) is 3.67. The van der Waals surface area contributed by atoms with E-state index >= 15 is 0 Å². The molecule has 1 aromatic rings. The van der Waals surface area contributed by atoms with Crippen molar-refractivity contribution in [1.82, 2.24) is 14.8 Å². The fraction of sp³-hybridized carbons (Fsp3) is 0.750. The summed E-state index contributed by atoms with van der Waals surface area (Å²) in [6.07, 6.45) is 1.58. The maximum atomic E-state index is 5.55. The van der Waals surface area contributed by atoms with Gasteiger partial charge < -0.3 is 5.73 Å². The molecule has 0 aliphatic rings. The minimum atomic E-state index is 0.287. The Morgan fingerprint density at radius 3 is 2.67 bits per heavy atom. The highest BCUT2D eigenvalue weighted by molar-refractivity contribution is 4.95. The molecule has 1 aromatic heterocycles. The first-order valence-electron chi connectivity index (χ1n) is 4.26. The number of rotatable bonds is 3. The van der Waals surface area contributed by atoms with Crippen LogP contribution >= 0.6 is 0 Å². The molecule has 0 saturated carbocycles. The van der Waals surface area contributed by atoms with Gasteiger partial charge in [-0.05, 0) is 13.8 Å². The molecule has 0 amide bonds. The van der Waals surface area contributed by atoms with Gasteiger partial charge in [0.2, 0.25) is 0 Å². The lowest BCUT2D eigenvalue weighted by Crippen LogP contribution is -2.16. The van der Waals surface area contributed by atoms with Gasteiger partial charge in [0.05, 0.1) is 0 Å². The zero-order chi connectivity index (χ0) is 9.14. The van der Waals surface area contributed by atoms with Crippen LogP contribution in [0.2, 0.25) is 0 Å². The van der Waals surface area contributed by atoms with E-state index in [9.17, 15) is 0 Å². The summed E-state index contributed by atoms with van der Waals surface area (Å²) in [7, 11) is 0. The first-order valence-corrected chi connectivity index (χ1v) is 4.26. The molecule has 1 atom stereocenters. The normalized spacial score (nSPS) is 13.8. The summed E-state index contributed by atoms with van der Waals surface area (Å²) in [4.78, 5) is 4.18. The molecule has 12 heavy (non-hydrogen) atoms. The zero-order valence-corrected chi connectivity index (χ0v) is 7.86. The van der Waals surface area contributed by atoms with Crippen molar-refractivity contribution in [2.75, 3.05) is 6.54 Å². The Morgan fingerprint density at radius 2 is 2.17 bits per heavy atom. The largest absolute Gasteiger partial charge is 0.330 e. The van der Waals surface area contributed by atoms with Gasteiger partial charge in [0.15, 0.2) is 0 Å². The van der Waals surface area contributed by atoms with Crippen molar-refractivity contribution in [1.29, 1.82) is 0 Å². The van der Waals surface area contributed by atoms with E-state index in [1.54, 1.807) is 6.33 Å². The van der Waals surface area contributed by atoms with Crippen LogP contribution in [0.5, 0.6) is 0 Å². The number of aromatic nitrogens is 3. The molecule has 2 N–H and O–H groups in total. The average molecular weight is 168 g/mol. The first kappa shape index (κ1) is 9.19. The third kappa shape index (κ3) is 1.64. The number of hydrogen-bond donors (Lipinski definition) is 1. The number of nitrogens with zero attached hydrogens (tertiary/aromatic N) is 3. The molecule has 0 bridgehead atoms. The molecule has 1 rings (SSSR count). The van der Waals surface area contributed by atoms with Crippen LogP contribution in [0, 0.1) is 0 Å². The lowest BCUT2D eigenvalue weighted by atomic mass is 10.1. The average Bonchev–Trinajstić information content (AvgIpc) is 2.50. The highest BCUT2D eigenvalue weighted by atomic mass is 15.3. The predicted molar refractivity (Wildman–Crippen MR) is 47.9 cm³/mol. The lowest BCUT2D eigenvalue weighted by molar-refractivity contribution is 0.487. The molecule has 0 saturated heterocycles. The van der Waals surface area contributed by atoms with Crippen LogP contribution in [0.3, 0.4) is 0 Å². The van der Waals surface area contributed by atoms with Crippen molar-refractivity contribution < 1.29 is 0 Å². The standard InChI is InChI=1S/C8H16N4/c1-6(2)12-8(7(3)4-9)10-5-11-12/h5-7H,4,9H2,1-3H3. The van der Waals surface area contributed by atoms with E-state index < -0.39 is 0 Å². The van der Waals surface area contributed by atoms with Gasteiger partial charge in [0.25, 0.3) is 0 Å². The van der Waals surface area contributed by atoms with E-state index in [0.29, 0.717) is 12.6 Å². The lowest BCUT2D eigenvalue weighted by Gasteiger charge is -2.12. The highest BCUT2D eigenvalue weighted by Crippen LogP contribution is 2.13. The molecule has 0 fully saturated rings. The second-order valence-electron chi connectivity index (χ2n) is 3.29. The summed E-state index contributed by atoms with van der Waals surface area (Å²) < 4.78 is 1.91. The summed E-state index contributed by atoms with van der Waals surface area (Å²) in [5.41, 5.74) is 5.55. The van der Waals surface area contributed by atoms with Gasteiger partial charge in [-0.15, -0.1) is 0 Å². The minimum Gasteiger partial charge on any atom is -0.330 e. The third-order valence-corrected chi connectivity index (χ3v) is 1.88. The molecule has 4 heteroatoms. The van der Waals surface area contributed by atoms with E-state index in [4.69, 9.17) is 5.73 Å². The molecule has 0 aliphatic carbocycles. The summed E-state index contributed by atoms with van der Waals surface area (Å²) in [6, 6.07) is 0.358. The molecule has 4 nitrogen and oxygen atoms in total. The summed E-state index contributed by atoms with van der Waals surface area (Å²) >= 11 is 0. The van der Waals surface area contributed by atoms with Gasteiger partial charge in [-0.1, -0.05) is 6.92 Å². The van der Waals surface area contributed by atoms with Crippen LogP contribution in [0.15, 0.2) is 6.33 Å². The van der Waals surface area contributed by atoms with E-state index in [1.807, 2.05) is 4.68 Å². The monoisotopic (exact) mass is 168 g/mol. The molecule has 0 radical (unpaired) electrons. The Balaban J connectivity index is 2.91. The van der Waals surface area contributed by atoms with Gasteiger partial charge in [0, 0.05) is 18.5 Å². The topological polar surface area (TPSA) is 56.7 Å². The highest BCUT2D eigenvalue weighted by Gasteiger charge is 2.12. The van der Waals surface area contributed by atoms with Crippen LogP contribution in [0.1, 0.15) is 38.6 Å². The molecular weight excluding hydrogens is 152 g/mol.